The second kappa shape index (κ2) is 6.58. The Labute approximate surface area is 120 Å². The van der Waals surface area contributed by atoms with E-state index in [0.717, 1.165) is 17.9 Å². The number of rotatable bonds is 5. The Morgan fingerprint density at radius 1 is 1.55 bits per heavy atom. The Balaban J connectivity index is 2.10. The van der Waals surface area contributed by atoms with Gasteiger partial charge in [-0.3, -0.25) is 20.8 Å². The van der Waals surface area contributed by atoms with Crippen molar-refractivity contribution in [2.45, 2.75) is 6.42 Å². The number of nitrogens with one attached hydrogen (secondary N) is 2. The summed E-state index contributed by atoms with van der Waals surface area (Å²) in [7, 11) is 0. The van der Waals surface area contributed by atoms with E-state index >= 15 is 0 Å². The molecule has 1 aliphatic rings. The molecular formula is C12H16N4O3S. The third-order valence-corrected chi connectivity index (χ3v) is 4.42. The van der Waals surface area contributed by atoms with Crippen LogP contribution in [0.15, 0.2) is 18.2 Å². The summed E-state index contributed by atoms with van der Waals surface area (Å²) in [6.07, 6.45) is 1.09. The lowest BCUT2D eigenvalue weighted by Crippen LogP contribution is -2.30. The topological polar surface area (TPSA) is 110 Å². The molecule has 0 saturated carbocycles. The first kappa shape index (κ1) is 14.6. The van der Waals surface area contributed by atoms with E-state index in [4.69, 9.17) is 5.84 Å². The summed E-state index contributed by atoms with van der Waals surface area (Å²) in [5.74, 6) is 7.61. The maximum absolute atomic E-state index is 12.1. The van der Waals surface area contributed by atoms with Crippen molar-refractivity contribution >= 4 is 29.0 Å². The third-order valence-electron chi connectivity index (χ3n) is 3.19. The lowest BCUT2D eigenvalue weighted by molar-refractivity contribution is -0.384. The minimum absolute atomic E-state index is 0.134. The molecule has 1 fully saturated rings. The van der Waals surface area contributed by atoms with Gasteiger partial charge in [0.2, 0.25) is 0 Å². The van der Waals surface area contributed by atoms with Crippen LogP contribution in [0.3, 0.4) is 0 Å². The summed E-state index contributed by atoms with van der Waals surface area (Å²) in [6.45, 7) is 0.582. The Hall–Kier alpha value is -1.80. The quantitative estimate of drug-likeness (QED) is 0.430. The highest BCUT2D eigenvalue weighted by Gasteiger charge is 2.19. The first-order valence-corrected chi connectivity index (χ1v) is 7.38. The number of nitrogen functional groups attached to an aromatic ring is 1. The molecule has 1 saturated heterocycles. The number of nitrogens with zero attached hydrogens (tertiary/aromatic N) is 1. The van der Waals surface area contributed by atoms with Crippen LogP contribution in [0.2, 0.25) is 0 Å². The van der Waals surface area contributed by atoms with Gasteiger partial charge in [-0.1, -0.05) is 0 Å². The number of nitrogens with two attached hydrogens (primary N) is 1. The van der Waals surface area contributed by atoms with Gasteiger partial charge in [-0.25, -0.2) is 0 Å². The molecule has 0 bridgehead atoms. The Kier molecular flexibility index (Phi) is 4.80. The molecule has 8 heteroatoms. The Bertz CT molecular complexity index is 517. The average Bonchev–Trinajstić information content (AvgIpc) is 2.97. The number of hydrogen-bond acceptors (Lipinski definition) is 6. The number of amides is 1. The van der Waals surface area contributed by atoms with Gasteiger partial charge < -0.3 is 10.7 Å². The maximum Gasteiger partial charge on any atom is 0.270 e. The minimum atomic E-state index is -0.537. The van der Waals surface area contributed by atoms with E-state index < -0.39 is 4.92 Å². The highest BCUT2D eigenvalue weighted by molar-refractivity contribution is 7.99. The van der Waals surface area contributed by atoms with E-state index in [-0.39, 0.29) is 17.2 Å². The third kappa shape index (κ3) is 3.40. The van der Waals surface area contributed by atoms with Gasteiger partial charge >= 0.3 is 0 Å². The van der Waals surface area contributed by atoms with Crippen molar-refractivity contribution < 1.29 is 9.72 Å². The van der Waals surface area contributed by atoms with Crippen LogP contribution >= 0.6 is 11.8 Å². The fourth-order valence-corrected chi connectivity index (χ4v) is 3.32. The number of carbonyl (C=O) groups excluding carboxylic acids is 1. The first-order chi connectivity index (χ1) is 9.61. The van der Waals surface area contributed by atoms with Gasteiger partial charge in [0.25, 0.3) is 11.6 Å². The van der Waals surface area contributed by atoms with Crippen molar-refractivity contribution in [3.8, 4) is 0 Å². The summed E-state index contributed by atoms with van der Waals surface area (Å²) in [5.41, 5.74) is 2.81. The van der Waals surface area contributed by atoms with E-state index in [1.807, 2.05) is 11.8 Å². The van der Waals surface area contributed by atoms with Gasteiger partial charge in [0, 0.05) is 18.7 Å². The molecule has 0 radical (unpaired) electrons. The molecule has 20 heavy (non-hydrogen) atoms. The second-order valence-electron chi connectivity index (χ2n) is 4.57. The van der Waals surface area contributed by atoms with Crippen molar-refractivity contribution in [3.05, 3.63) is 33.9 Å². The maximum atomic E-state index is 12.1. The summed E-state index contributed by atoms with van der Waals surface area (Å²) in [5, 5.41) is 13.6. The minimum Gasteiger partial charge on any atom is -0.352 e. The molecule has 1 aromatic rings. The molecule has 1 aromatic carbocycles. The van der Waals surface area contributed by atoms with E-state index in [9.17, 15) is 14.9 Å². The van der Waals surface area contributed by atoms with Gasteiger partial charge in [0.05, 0.1) is 16.2 Å². The lowest BCUT2D eigenvalue weighted by atomic mass is 10.1. The van der Waals surface area contributed by atoms with E-state index in [1.54, 1.807) is 0 Å². The fraction of sp³-hybridized carbons (Fsp3) is 0.417. The molecule has 2 rings (SSSR count). The summed E-state index contributed by atoms with van der Waals surface area (Å²) < 4.78 is 0. The molecule has 1 atom stereocenters. The fourth-order valence-electron chi connectivity index (χ4n) is 2.04. The van der Waals surface area contributed by atoms with Crippen LogP contribution in [0.25, 0.3) is 0 Å². The Morgan fingerprint density at radius 3 is 2.95 bits per heavy atom. The summed E-state index contributed by atoms with van der Waals surface area (Å²) >= 11 is 1.87. The number of nitro groups is 1. The van der Waals surface area contributed by atoms with Crippen LogP contribution in [0, 0.1) is 16.0 Å². The van der Waals surface area contributed by atoms with Crippen LogP contribution in [-0.4, -0.2) is 28.9 Å². The van der Waals surface area contributed by atoms with Gasteiger partial charge in [0.1, 0.15) is 0 Å². The van der Waals surface area contributed by atoms with Gasteiger partial charge in [0.15, 0.2) is 0 Å². The van der Waals surface area contributed by atoms with Gasteiger partial charge in [-0.2, -0.15) is 11.8 Å². The summed E-state index contributed by atoms with van der Waals surface area (Å²) in [4.78, 5) is 22.3. The number of thioether (sulfide) groups is 1. The predicted molar refractivity (Wildman–Crippen MR) is 78.7 cm³/mol. The molecule has 1 heterocycles. The van der Waals surface area contributed by atoms with Crippen LogP contribution in [0.4, 0.5) is 11.4 Å². The van der Waals surface area contributed by atoms with Crippen LogP contribution in [-0.2, 0) is 0 Å². The normalized spacial score (nSPS) is 17.8. The monoisotopic (exact) mass is 296 g/mol. The molecule has 1 aliphatic heterocycles. The molecule has 0 aliphatic carbocycles. The van der Waals surface area contributed by atoms with Crippen LogP contribution in [0.1, 0.15) is 16.8 Å². The van der Waals surface area contributed by atoms with Gasteiger partial charge in [-0.05, 0) is 29.9 Å². The molecule has 108 valence electrons. The van der Waals surface area contributed by atoms with E-state index in [0.29, 0.717) is 18.2 Å². The van der Waals surface area contributed by atoms with Crippen molar-refractivity contribution in [1.82, 2.24) is 5.32 Å². The molecule has 1 unspecified atom stereocenters. The molecule has 0 aromatic heterocycles. The SMILES string of the molecule is NNc1ccc([N+](=O)[O-])cc1C(=O)NCC1CCSC1. The molecular weight excluding hydrogens is 280 g/mol. The zero-order valence-corrected chi connectivity index (χ0v) is 11.6. The number of hydrazine groups is 1. The lowest BCUT2D eigenvalue weighted by Gasteiger charge is -2.12. The highest BCUT2D eigenvalue weighted by atomic mass is 32.2. The largest absolute Gasteiger partial charge is 0.352 e. The van der Waals surface area contributed by atoms with Crippen molar-refractivity contribution in [2.75, 3.05) is 23.5 Å². The zero-order chi connectivity index (χ0) is 14.5. The van der Waals surface area contributed by atoms with E-state index in [1.165, 1.54) is 18.2 Å². The molecule has 0 spiro atoms. The Morgan fingerprint density at radius 2 is 2.35 bits per heavy atom. The number of benzene rings is 1. The average molecular weight is 296 g/mol. The summed E-state index contributed by atoms with van der Waals surface area (Å²) in [6, 6.07) is 3.96. The van der Waals surface area contributed by atoms with Crippen molar-refractivity contribution in [3.63, 3.8) is 0 Å². The van der Waals surface area contributed by atoms with Crippen LogP contribution < -0.4 is 16.6 Å². The van der Waals surface area contributed by atoms with Crippen molar-refractivity contribution in [1.29, 1.82) is 0 Å². The smallest absolute Gasteiger partial charge is 0.270 e. The first-order valence-electron chi connectivity index (χ1n) is 6.23. The van der Waals surface area contributed by atoms with Gasteiger partial charge in [-0.15, -0.1) is 0 Å². The number of nitro benzene ring substituents is 1. The number of hydrogen-bond donors (Lipinski definition) is 3. The second-order valence-corrected chi connectivity index (χ2v) is 5.72. The molecule has 7 nitrogen and oxygen atoms in total. The molecule has 1 amide bonds. The number of non-ortho nitro benzene ring substituents is 1. The highest BCUT2D eigenvalue weighted by Crippen LogP contribution is 2.24. The molecule has 4 N–H and O–H groups in total. The standard InChI is InChI=1S/C12H16N4O3S/c13-15-11-2-1-9(16(18)19)5-10(11)12(17)14-6-8-3-4-20-7-8/h1-2,5,8,15H,3-4,6-7,13H2,(H,14,17). The zero-order valence-electron chi connectivity index (χ0n) is 10.8. The predicted octanol–water partition coefficient (Wildman–Crippen LogP) is 1.36. The van der Waals surface area contributed by atoms with Crippen molar-refractivity contribution in [2.24, 2.45) is 11.8 Å². The number of anilines is 1. The van der Waals surface area contributed by atoms with E-state index in [2.05, 4.69) is 10.7 Å². The number of carbonyl (C=O) groups is 1. The van der Waals surface area contributed by atoms with Crippen LogP contribution in [0.5, 0.6) is 0 Å².